The van der Waals surface area contributed by atoms with Gasteiger partial charge in [0.1, 0.15) is 17.0 Å². The predicted octanol–water partition coefficient (Wildman–Crippen LogP) is 4.72. The Morgan fingerprint density at radius 2 is 1.79 bits per heavy atom. The summed E-state index contributed by atoms with van der Waals surface area (Å²) < 4.78 is 12.0. The third-order valence-corrected chi connectivity index (χ3v) is 8.75. The van der Waals surface area contributed by atoms with Crippen LogP contribution in [0.3, 0.4) is 0 Å². The maximum Gasteiger partial charge on any atom is 0.335 e. The molecule has 3 amide bonds. The molecule has 1 atom stereocenters. The van der Waals surface area contributed by atoms with Gasteiger partial charge in [0.15, 0.2) is 17.1 Å². The van der Waals surface area contributed by atoms with Crippen LogP contribution < -0.4 is 25.4 Å². The number of carbonyl (C=O) groups excluding carboxylic acids is 3. The average Bonchev–Trinajstić information content (AvgIpc) is 3.83. The smallest absolute Gasteiger partial charge is 0.335 e. The summed E-state index contributed by atoms with van der Waals surface area (Å²) in [5, 5.41) is 22.7. The van der Waals surface area contributed by atoms with Crippen LogP contribution in [0.1, 0.15) is 76.4 Å². The maximum atomic E-state index is 13.9. The number of para-hydroxylation sites is 1. The average molecular weight is 667 g/mol. The van der Waals surface area contributed by atoms with Gasteiger partial charge in [0, 0.05) is 12.6 Å². The van der Waals surface area contributed by atoms with E-state index in [0.29, 0.717) is 40.6 Å². The molecule has 48 heavy (non-hydrogen) atoms. The zero-order chi connectivity index (χ0) is 33.5. The van der Waals surface area contributed by atoms with Gasteiger partial charge in [-0.2, -0.15) is 5.10 Å². The minimum atomic E-state index is -1.01. The van der Waals surface area contributed by atoms with E-state index >= 15 is 0 Å². The summed E-state index contributed by atoms with van der Waals surface area (Å²) >= 11 is 6.25. The van der Waals surface area contributed by atoms with E-state index in [1.54, 1.807) is 55.5 Å². The lowest BCUT2D eigenvalue weighted by Gasteiger charge is -2.16. The number of carboxylic acids is 1. The molecule has 1 aliphatic heterocycles. The van der Waals surface area contributed by atoms with Crippen LogP contribution in [0, 0.1) is 6.92 Å². The second-order valence-corrected chi connectivity index (χ2v) is 11.7. The van der Waals surface area contributed by atoms with E-state index in [4.69, 9.17) is 21.1 Å². The van der Waals surface area contributed by atoms with Gasteiger partial charge in [0.25, 0.3) is 17.7 Å². The monoisotopic (exact) mass is 666 g/mol. The Labute approximate surface area is 277 Å². The molecule has 0 radical (unpaired) electrons. The first-order valence-electron chi connectivity index (χ1n) is 15.0. The van der Waals surface area contributed by atoms with Crippen molar-refractivity contribution in [1.29, 1.82) is 0 Å². The quantitative estimate of drug-likeness (QED) is 0.183. The molecule has 0 spiro atoms. The van der Waals surface area contributed by atoms with Crippen LogP contribution in [0.25, 0.3) is 5.65 Å². The van der Waals surface area contributed by atoms with Crippen LogP contribution in [0.4, 0.5) is 5.69 Å². The molecule has 0 unspecified atom stereocenters. The summed E-state index contributed by atoms with van der Waals surface area (Å²) in [6, 6.07) is 16.1. The summed E-state index contributed by atoms with van der Waals surface area (Å²) in [5.41, 5.74) is 3.52. The first kappa shape index (κ1) is 30.7. The minimum absolute atomic E-state index is 0.0115. The highest BCUT2D eigenvalue weighted by Crippen LogP contribution is 2.35. The molecule has 242 valence electrons. The van der Waals surface area contributed by atoms with Crippen molar-refractivity contribution in [1.82, 2.24) is 25.2 Å². The van der Waals surface area contributed by atoms with E-state index in [2.05, 4.69) is 26.0 Å². The van der Waals surface area contributed by atoms with Crippen molar-refractivity contribution in [2.75, 3.05) is 12.1 Å². The molecular formula is C34H27ClN6O7. The first-order chi connectivity index (χ1) is 23.2. The van der Waals surface area contributed by atoms with E-state index in [1.807, 2.05) is 0 Å². The van der Waals surface area contributed by atoms with Crippen molar-refractivity contribution in [2.24, 2.45) is 0 Å². The molecular weight excluding hydrogens is 640 g/mol. The van der Waals surface area contributed by atoms with Crippen molar-refractivity contribution < 1.29 is 33.8 Å². The summed E-state index contributed by atoms with van der Waals surface area (Å²) in [6.07, 6.45) is 2.40. The van der Waals surface area contributed by atoms with Crippen LogP contribution >= 0.6 is 11.6 Å². The number of aromatic nitrogens is 3. The Morgan fingerprint density at radius 1 is 0.979 bits per heavy atom. The Balaban J connectivity index is 1.21. The molecule has 7 rings (SSSR count). The van der Waals surface area contributed by atoms with Crippen LogP contribution in [0.2, 0.25) is 5.02 Å². The number of ether oxygens (including phenoxy) is 2. The van der Waals surface area contributed by atoms with E-state index in [1.165, 1.54) is 22.8 Å². The van der Waals surface area contributed by atoms with E-state index in [0.717, 1.165) is 16.7 Å². The van der Waals surface area contributed by atoms with Crippen LogP contribution in [0.5, 0.6) is 11.5 Å². The number of rotatable bonds is 8. The number of fused-ring (bicyclic) bond motifs is 3. The van der Waals surface area contributed by atoms with E-state index in [-0.39, 0.29) is 41.5 Å². The lowest BCUT2D eigenvalue weighted by molar-refractivity contribution is 0.0695. The van der Waals surface area contributed by atoms with Crippen molar-refractivity contribution in [3.05, 3.63) is 117 Å². The van der Waals surface area contributed by atoms with Gasteiger partial charge in [-0.05, 0) is 72.4 Å². The van der Waals surface area contributed by atoms with Gasteiger partial charge in [0.2, 0.25) is 6.79 Å². The fourth-order valence-electron chi connectivity index (χ4n) is 5.97. The third-order valence-electron chi connectivity index (χ3n) is 8.42. The number of hydrogen-bond acceptors (Lipinski definition) is 8. The number of nitrogens with one attached hydrogen (secondary N) is 3. The van der Waals surface area contributed by atoms with Crippen molar-refractivity contribution in [3.8, 4) is 11.5 Å². The van der Waals surface area contributed by atoms with E-state index < -0.39 is 29.7 Å². The second-order valence-electron chi connectivity index (χ2n) is 11.3. The summed E-state index contributed by atoms with van der Waals surface area (Å²) in [7, 11) is 0. The highest BCUT2D eigenvalue weighted by molar-refractivity contribution is 6.34. The lowest BCUT2D eigenvalue weighted by atomic mass is 9.98. The number of nitrogens with zero attached hydrogens (tertiary/aromatic N) is 3. The summed E-state index contributed by atoms with van der Waals surface area (Å²) in [5.74, 6) is -1.59. The van der Waals surface area contributed by atoms with Gasteiger partial charge in [0.05, 0.1) is 28.5 Å². The molecule has 0 fully saturated rings. The first-order valence-corrected chi connectivity index (χ1v) is 15.3. The third kappa shape index (κ3) is 5.64. The number of carboxylic acid groups (broad SMARTS) is 1. The molecule has 13 nitrogen and oxygen atoms in total. The van der Waals surface area contributed by atoms with Gasteiger partial charge < -0.3 is 30.5 Å². The molecule has 14 heteroatoms. The summed E-state index contributed by atoms with van der Waals surface area (Å²) in [4.78, 5) is 56.9. The van der Waals surface area contributed by atoms with Crippen LogP contribution in [-0.4, -0.2) is 50.2 Å². The van der Waals surface area contributed by atoms with Gasteiger partial charge in [-0.25, -0.2) is 14.3 Å². The minimum Gasteiger partial charge on any atom is -0.478 e. The largest absolute Gasteiger partial charge is 0.478 e. The number of hydrogen-bond donors (Lipinski definition) is 4. The molecule has 2 aromatic heterocycles. The number of carbonyl (C=O) groups is 4. The Bertz CT molecular complexity index is 2160. The van der Waals surface area contributed by atoms with Gasteiger partial charge in [-0.1, -0.05) is 35.9 Å². The van der Waals surface area contributed by atoms with E-state index in [9.17, 15) is 24.3 Å². The lowest BCUT2D eigenvalue weighted by Crippen LogP contribution is -2.31. The number of anilines is 1. The molecule has 3 aromatic carbocycles. The van der Waals surface area contributed by atoms with Gasteiger partial charge >= 0.3 is 5.97 Å². The zero-order valence-electron chi connectivity index (χ0n) is 25.4. The SMILES string of the molecule is Cc1c(C(=O)O)ccc2c1CC[C@H]2NC(=O)c1cc(C(=O)NCc2ccc3c(c2)OCO3)nc2c(C(=O)Nc3ccccc3Cl)cnn12. The molecule has 2 aliphatic rings. The second kappa shape index (κ2) is 12.3. The van der Waals surface area contributed by atoms with Gasteiger partial charge in [-0.3, -0.25) is 14.4 Å². The number of halogens is 1. The van der Waals surface area contributed by atoms with Gasteiger partial charge in [-0.15, -0.1) is 0 Å². The molecule has 3 heterocycles. The molecule has 4 N–H and O–H groups in total. The van der Waals surface area contributed by atoms with Crippen molar-refractivity contribution in [2.45, 2.75) is 32.4 Å². The molecule has 0 saturated heterocycles. The topological polar surface area (TPSA) is 173 Å². The zero-order valence-corrected chi connectivity index (χ0v) is 26.1. The Kier molecular flexibility index (Phi) is 7.89. The molecule has 0 bridgehead atoms. The normalized spacial score (nSPS) is 14.4. The standard InChI is InChI=1S/C34H27ClN6O7/c1-17-19-9-10-24(21(19)8-7-20(17)34(45)46)39-33(44)27-13-26(32(43)36-14-18-6-11-28-29(12-18)48-16-47-28)38-30-22(15-37-41(27)30)31(42)40-25-5-3-2-4-23(25)35/h2-8,11-13,15,24H,9-10,14,16H2,1H3,(H,36,43)(H,39,44)(H,40,42)(H,45,46)/t24-/m1/s1. The number of benzene rings is 3. The predicted molar refractivity (Wildman–Crippen MR) is 173 cm³/mol. The molecule has 1 aliphatic carbocycles. The molecule has 5 aromatic rings. The molecule has 0 saturated carbocycles. The van der Waals surface area contributed by atoms with Crippen LogP contribution in [0.15, 0.2) is 66.9 Å². The summed E-state index contributed by atoms with van der Waals surface area (Å²) in [6.45, 7) is 2.00. The fourth-order valence-corrected chi connectivity index (χ4v) is 6.15. The Hall–Kier alpha value is -5.95. The number of amides is 3. The highest BCUT2D eigenvalue weighted by Gasteiger charge is 2.30. The van der Waals surface area contributed by atoms with Crippen molar-refractivity contribution >= 4 is 46.6 Å². The highest BCUT2D eigenvalue weighted by atomic mass is 35.5. The number of aromatic carboxylic acids is 1. The fraction of sp³-hybridized carbons (Fsp3) is 0.176. The van der Waals surface area contributed by atoms with Crippen LogP contribution in [-0.2, 0) is 13.0 Å². The Morgan fingerprint density at radius 3 is 2.60 bits per heavy atom. The van der Waals surface area contributed by atoms with Crippen molar-refractivity contribution in [3.63, 3.8) is 0 Å². The maximum absolute atomic E-state index is 13.9.